The van der Waals surface area contributed by atoms with Crippen LogP contribution in [0.2, 0.25) is 0 Å². The van der Waals surface area contributed by atoms with E-state index < -0.39 is 10.0 Å². The van der Waals surface area contributed by atoms with Crippen molar-refractivity contribution in [2.45, 2.75) is 30.7 Å². The van der Waals surface area contributed by atoms with Crippen LogP contribution in [0, 0.1) is 6.92 Å². The largest absolute Gasteiger partial charge is 0.266 e. The van der Waals surface area contributed by atoms with Gasteiger partial charge in [0.2, 0.25) is 0 Å². The SMILES string of the molecule is Cc1ccc(S(=O)(=O)N2C=CCC[C@@H]2c2ccccc2)cc1. The second kappa shape index (κ2) is 5.97. The van der Waals surface area contributed by atoms with E-state index in [1.165, 1.54) is 4.31 Å². The van der Waals surface area contributed by atoms with E-state index in [0.717, 1.165) is 24.0 Å². The molecule has 0 aliphatic carbocycles. The van der Waals surface area contributed by atoms with Gasteiger partial charge in [-0.3, -0.25) is 4.31 Å². The predicted octanol–water partition coefficient (Wildman–Crippen LogP) is 4.03. The van der Waals surface area contributed by atoms with Crippen LogP contribution in [-0.2, 0) is 10.0 Å². The lowest BCUT2D eigenvalue weighted by molar-refractivity contribution is 0.372. The average molecular weight is 313 g/mol. The van der Waals surface area contributed by atoms with Crippen molar-refractivity contribution in [2.24, 2.45) is 0 Å². The molecule has 2 aromatic carbocycles. The number of hydrogen-bond acceptors (Lipinski definition) is 2. The van der Waals surface area contributed by atoms with Gasteiger partial charge in [0, 0.05) is 6.20 Å². The highest BCUT2D eigenvalue weighted by atomic mass is 32.2. The zero-order chi connectivity index (χ0) is 15.6. The van der Waals surface area contributed by atoms with E-state index in [2.05, 4.69) is 0 Å². The summed E-state index contributed by atoms with van der Waals surface area (Å²) in [7, 11) is -3.53. The van der Waals surface area contributed by atoms with Gasteiger partial charge in [-0.2, -0.15) is 0 Å². The van der Waals surface area contributed by atoms with Crippen molar-refractivity contribution in [3.05, 3.63) is 78.0 Å². The summed E-state index contributed by atoms with van der Waals surface area (Å²) >= 11 is 0. The second-order valence-electron chi connectivity index (χ2n) is 5.54. The minimum Gasteiger partial charge on any atom is -0.266 e. The van der Waals surface area contributed by atoms with Crippen LogP contribution in [-0.4, -0.2) is 12.7 Å². The number of benzene rings is 2. The first-order valence-electron chi connectivity index (χ1n) is 7.41. The van der Waals surface area contributed by atoms with Gasteiger partial charge in [-0.05, 0) is 37.5 Å². The lowest BCUT2D eigenvalue weighted by Gasteiger charge is -2.32. The Morgan fingerprint density at radius 1 is 1.00 bits per heavy atom. The van der Waals surface area contributed by atoms with Gasteiger partial charge in [-0.15, -0.1) is 0 Å². The fraction of sp³-hybridized carbons (Fsp3) is 0.222. The summed E-state index contributed by atoms with van der Waals surface area (Å²) in [6, 6.07) is 16.7. The lowest BCUT2D eigenvalue weighted by atomic mass is 10.0. The molecule has 0 saturated heterocycles. The Bertz CT molecular complexity index is 764. The summed E-state index contributed by atoms with van der Waals surface area (Å²) in [4.78, 5) is 0.339. The maximum absolute atomic E-state index is 13.0. The van der Waals surface area contributed by atoms with Crippen molar-refractivity contribution in [1.29, 1.82) is 0 Å². The topological polar surface area (TPSA) is 37.4 Å². The fourth-order valence-electron chi connectivity index (χ4n) is 2.73. The normalized spacial score (nSPS) is 18.4. The van der Waals surface area contributed by atoms with Crippen LogP contribution in [0.25, 0.3) is 0 Å². The first kappa shape index (κ1) is 14.9. The van der Waals surface area contributed by atoms with Crippen LogP contribution < -0.4 is 0 Å². The van der Waals surface area contributed by atoms with E-state index in [-0.39, 0.29) is 6.04 Å². The highest BCUT2D eigenvalue weighted by molar-refractivity contribution is 7.89. The van der Waals surface area contributed by atoms with Crippen molar-refractivity contribution in [3.8, 4) is 0 Å². The molecule has 0 aromatic heterocycles. The molecule has 0 saturated carbocycles. The Labute approximate surface area is 132 Å². The van der Waals surface area contributed by atoms with E-state index in [1.54, 1.807) is 18.3 Å². The molecule has 0 bridgehead atoms. The molecule has 114 valence electrons. The van der Waals surface area contributed by atoms with Gasteiger partial charge >= 0.3 is 0 Å². The number of aryl methyl sites for hydroxylation is 1. The van der Waals surface area contributed by atoms with Crippen molar-refractivity contribution in [3.63, 3.8) is 0 Å². The van der Waals surface area contributed by atoms with Crippen LogP contribution >= 0.6 is 0 Å². The Kier molecular flexibility index (Phi) is 4.03. The monoisotopic (exact) mass is 313 g/mol. The van der Waals surface area contributed by atoms with Gasteiger partial charge in [-0.25, -0.2) is 8.42 Å². The quantitative estimate of drug-likeness (QED) is 0.858. The number of nitrogens with zero attached hydrogens (tertiary/aromatic N) is 1. The highest BCUT2D eigenvalue weighted by Crippen LogP contribution is 2.34. The van der Waals surface area contributed by atoms with Crippen LogP contribution in [0.1, 0.15) is 30.0 Å². The summed E-state index contributed by atoms with van der Waals surface area (Å²) < 4.78 is 27.4. The maximum atomic E-state index is 13.0. The van der Waals surface area contributed by atoms with Gasteiger partial charge < -0.3 is 0 Å². The average Bonchev–Trinajstić information content (AvgIpc) is 2.56. The van der Waals surface area contributed by atoms with Crippen LogP contribution in [0.4, 0.5) is 0 Å². The number of allylic oxidation sites excluding steroid dienone is 1. The molecule has 0 amide bonds. The first-order chi connectivity index (χ1) is 10.6. The molecule has 0 radical (unpaired) electrons. The predicted molar refractivity (Wildman–Crippen MR) is 87.8 cm³/mol. The number of hydrogen-bond donors (Lipinski definition) is 0. The molecule has 0 fully saturated rings. The van der Waals surface area contributed by atoms with Crippen LogP contribution in [0.3, 0.4) is 0 Å². The molecule has 1 aliphatic heterocycles. The molecule has 4 heteroatoms. The van der Waals surface area contributed by atoms with Crippen molar-refractivity contribution in [1.82, 2.24) is 4.31 Å². The van der Waals surface area contributed by atoms with Gasteiger partial charge in [0.15, 0.2) is 0 Å². The smallest absolute Gasteiger partial charge is 0.264 e. The fourth-order valence-corrected chi connectivity index (χ4v) is 4.26. The van der Waals surface area contributed by atoms with E-state index in [4.69, 9.17) is 0 Å². The van der Waals surface area contributed by atoms with Crippen LogP contribution in [0.15, 0.2) is 71.8 Å². The molecule has 0 N–H and O–H groups in total. The van der Waals surface area contributed by atoms with Crippen LogP contribution in [0.5, 0.6) is 0 Å². The summed E-state index contributed by atoms with van der Waals surface area (Å²) in [6.07, 6.45) is 5.31. The highest BCUT2D eigenvalue weighted by Gasteiger charge is 2.30. The molecule has 0 unspecified atom stereocenters. The van der Waals surface area contributed by atoms with E-state index in [0.29, 0.717) is 4.90 Å². The number of sulfonamides is 1. The standard InChI is InChI=1S/C18H19NO2S/c1-15-10-12-17(13-11-15)22(20,21)19-14-6-5-9-18(19)16-7-3-2-4-8-16/h2-4,6-8,10-14,18H,5,9H2,1H3/t18-/m1/s1. The summed E-state index contributed by atoms with van der Waals surface area (Å²) in [5.74, 6) is 0. The summed E-state index contributed by atoms with van der Waals surface area (Å²) in [5.41, 5.74) is 2.08. The van der Waals surface area contributed by atoms with Gasteiger partial charge in [0.1, 0.15) is 0 Å². The molecule has 0 spiro atoms. The molecule has 1 atom stereocenters. The van der Waals surface area contributed by atoms with Crippen molar-refractivity contribution < 1.29 is 8.42 Å². The van der Waals surface area contributed by atoms with E-state index in [1.807, 2.05) is 55.5 Å². The Morgan fingerprint density at radius 2 is 1.68 bits per heavy atom. The maximum Gasteiger partial charge on any atom is 0.264 e. The molecule has 1 heterocycles. The first-order valence-corrected chi connectivity index (χ1v) is 8.85. The number of rotatable bonds is 3. The van der Waals surface area contributed by atoms with E-state index >= 15 is 0 Å². The van der Waals surface area contributed by atoms with Gasteiger partial charge in [0.05, 0.1) is 10.9 Å². The third kappa shape index (κ3) is 2.79. The second-order valence-corrected chi connectivity index (χ2v) is 7.38. The Hall–Kier alpha value is -2.07. The molecular formula is C18H19NO2S. The van der Waals surface area contributed by atoms with Gasteiger partial charge in [0.25, 0.3) is 10.0 Å². The molecule has 1 aliphatic rings. The zero-order valence-electron chi connectivity index (χ0n) is 12.5. The molecule has 3 rings (SSSR count). The van der Waals surface area contributed by atoms with Crippen molar-refractivity contribution in [2.75, 3.05) is 0 Å². The Morgan fingerprint density at radius 3 is 2.36 bits per heavy atom. The van der Waals surface area contributed by atoms with Gasteiger partial charge in [-0.1, -0.05) is 54.1 Å². The zero-order valence-corrected chi connectivity index (χ0v) is 13.3. The third-order valence-electron chi connectivity index (χ3n) is 3.95. The third-order valence-corrected chi connectivity index (χ3v) is 5.75. The Balaban J connectivity index is 2.01. The van der Waals surface area contributed by atoms with E-state index in [9.17, 15) is 8.42 Å². The molecule has 2 aromatic rings. The summed E-state index contributed by atoms with van der Waals surface area (Å²) in [6.45, 7) is 1.95. The molecule has 22 heavy (non-hydrogen) atoms. The summed E-state index contributed by atoms with van der Waals surface area (Å²) in [5, 5.41) is 0. The molecular weight excluding hydrogens is 294 g/mol. The molecule has 3 nitrogen and oxygen atoms in total. The minimum atomic E-state index is -3.53. The lowest BCUT2D eigenvalue weighted by Crippen LogP contribution is -2.32. The van der Waals surface area contributed by atoms with Crippen molar-refractivity contribution >= 4 is 10.0 Å². The minimum absolute atomic E-state index is 0.141.